The quantitative estimate of drug-likeness (QED) is 0.478. The van der Waals surface area contributed by atoms with Crippen LogP contribution in [-0.4, -0.2) is 49.2 Å². The van der Waals surface area contributed by atoms with E-state index in [0.29, 0.717) is 19.6 Å². The third-order valence-electron chi connectivity index (χ3n) is 2.30. The van der Waals surface area contributed by atoms with Crippen molar-refractivity contribution >= 4 is 5.97 Å². The highest BCUT2D eigenvalue weighted by Crippen LogP contribution is 2.12. The monoisotopic (exact) mass is 262 g/mol. The molecule has 0 aromatic carbocycles. The van der Waals surface area contributed by atoms with Gasteiger partial charge in [0.2, 0.25) is 0 Å². The van der Waals surface area contributed by atoms with E-state index in [1.165, 1.54) is 0 Å². The average molecular weight is 262 g/mol. The van der Waals surface area contributed by atoms with Gasteiger partial charge in [0.1, 0.15) is 6.61 Å². The molecule has 5 heteroatoms. The fraction of sp³-hybridized carbons (Fsp3) is 0.923. The largest absolute Gasteiger partial charge is 0.463 e. The summed E-state index contributed by atoms with van der Waals surface area (Å²) in [6, 6.07) is 0. The molecule has 0 atom stereocenters. The van der Waals surface area contributed by atoms with Gasteiger partial charge in [-0.15, -0.1) is 0 Å². The lowest BCUT2D eigenvalue weighted by atomic mass is 9.99. The molecule has 0 spiro atoms. The second-order valence-corrected chi connectivity index (χ2v) is 5.60. The van der Waals surface area contributed by atoms with E-state index in [0.717, 1.165) is 0 Å². The van der Waals surface area contributed by atoms with Gasteiger partial charge in [-0.2, -0.15) is 0 Å². The average Bonchev–Trinajstić information content (AvgIpc) is 2.28. The number of hydrogen-bond donors (Lipinski definition) is 2. The van der Waals surface area contributed by atoms with Gasteiger partial charge in [-0.3, -0.25) is 4.79 Å². The molecule has 2 N–H and O–H groups in total. The minimum atomic E-state index is -0.318. The summed E-state index contributed by atoms with van der Waals surface area (Å²) in [5.41, 5.74) is 0.111. The summed E-state index contributed by atoms with van der Waals surface area (Å²) in [4.78, 5) is 11.3. The summed E-state index contributed by atoms with van der Waals surface area (Å²) in [6.45, 7) is 7.26. The Labute approximate surface area is 109 Å². The number of esters is 1. The van der Waals surface area contributed by atoms with Gasteiger partial charge in [-0.1, -0.05) is 20.8 Å². The maximum Gasteiger partial charge on any atom is 0.305 e. The number of aliphatic hydroxyl groups is 2. The first-order valence-electron chi connectivity index (χ1n) is 6.34. The Hall–Kier alpha value is -0.650. The van der Waals surface area contributed by atoms with Gasteiger partial charge in [-0.25, -0.2) is 0 Å². The maximum absolute atomic E-state index is 11.3. The number of carbonyl (C=O) groups is 1. The van der Waals surface area contributed by atoms with Gasteiger partial charge in [0.25, 0.3) is 0 Å². The Bertz CT molecular complexity index is 218. The van der Waals surface area contributed by atoms with Crippen LogP contribution in [0.1, 0.15) is 33.6 Å². The fourth-order valence-corrected chi connectivity index (χ4v) is 1.23. The number of hydrogen-bond acceptors (Lipinski definition) is 5. The van der Waals surface area contributed by atoms with Crippen LogP contribution in [0.15, 0.2) is 0 Å². The van der Waals surface area contributed by atoms with E-state index in [2.05, 4.69) is 20.8 Å². The smallest absolute Gasteiger partial charge is 0.305 e. The predicted molar refractivity (Wildman–Crippen MR) is 68.1 cm³/mol. The van der Waals surface area contributed by atoms with Crippen molar-refractivity contribution in [3.05, 3.63) is 0 Å². The molecule has 0 heterocycles. The molecule has 0 rings (SSSR count). The van der Waals surface area contributed by atoms with E-state index in [4.69, 9.17) is 19.7 Å². The van der Waals surface area contributed by atoms with Crippen LogP contribution < -0.4 is 0 Å². The summed E-state index contributed by atoms with van der Waals surface area (Å²) >= 11 is 0. The Balaban J connectivity index is 3.48. The second kappa shape index (κ2) is 9.30. The van der Waals surface area contributed by atoms with E-state index in [9.17, 15) is 4.79 Å². The number of aliphatic hydroxyl groups excluding tert-OH is 2. The minimum Gasteiger partial charge on any atom is -0.463 e. The Morgan fingerprint density at radius 2 is 1.78 bits per heavy atom. The van der Waals surface area contributed by atoms with E-state index in [1.54, 1.807) is 0 Å². The first-order valence-corrected chi connectivity index (χ1v) is 6.34. The zero-order valence-corrected chi connectivity index (χ0v) is 11.6. The molecule has 0 amide bonds. The SMILES string of the molecule is CC(C)(C)COCCOC(=O)CCC(CO)CO. The standard InChI is InChI=1S/C13H26O5/c1-13(2,3)10-17-6-7-18-12(16)5-4-11(8-14)9-15/h11,14-15H,4-10H2,1-3H3. The molecule has 0 aliphatic heterocycles. The van der Waals surface area contributed by atoms with E-state index < -0.39 is 0 Å². The highest BCUT2D eigenvalue weighted by atomic mass is 16.6. The van der Waals surface area contributed by atoms with Crippen LogP contribution in [0.2, 0.25) is 0 Å². The van der Waals surface area contributed by atoms with Gasteiger partial charge in [0.15, 0.2) is 0 Å². The lowest BCUT2D eigenvalue weighted by Crippen LogP contribution is -2.19. The Morgan fingerprint density at radius 1 is 1.17 bits per heavy atom. The van der Waals surface area contributed by atoms with Crippen LogP contribution in [0.5, 0.6) is 0 Å². The van der Waals surface area contributed by atoms with Crippen LogP contribution in [-0.2, 0) is 14.3 Å². The minimum absolute atomic E-state index is 0.111. The van der Waals surface area contributed by atoms with Crippen molar-refractivity contribution in [2.24, 2.45) is 11.3 Å². The summed E-state index contributed by atoms with van der Waals surface area (Å²) in [5.74, 6) is -0.559. The predicted octanol–water partition coefficient (Wildman–Crippen LogP) is 0.973. The molecule has 0 unspecified atom stereocenters. The summed E-state index contributed by atoms with van der Waals surface area (Å²) in [5, 5.41) is 17.7. The van der Waals surface area contributed by atoms with E-state index >= 15 is 0 Å². The molecular formula is C13H26O5. The number of ether oxygens (including phenoxy) is 2. The summed E-state index contributed by atoms with van der Waals surface area (Å²) < 4.78 is 10.3. The van der Waals surface area contributed by atoms with Crippen LogP contribution in [0.3, 0.4) is 0 Å². The highest BCUT2D eigenvalue weighted by molar-refractivity contribution is 5.69. The first kappa shape index (κ1) is 17.4. The van der Waals surface area contributed by atoms with E-state index in [1.807, 2.05) is 0 Å². The van der Waals surface area contributed by atoms with Crippen LogP contribution in [0.25, 0.3) is 0 Å². The molecule has 108 valence electrons. The fourth-order valence-electron chi connectivity index (χ4n) is 1.23. The third-order valence-corrected chi connectivity index (χ3v) is 2.30. The van der Waals surface area contributed by atoms with Crippen molar-refractivity contribution in [3.63, 3.8) is 0 Å². The van der Waals surface area contributed by atoms with Crippen molar-refractivity contribution < 1.29 is 24.5 Å². The van der Waals surface area contributed by atoms with E-state index in [-0.39, 0.29) is 43.5 Å². The Kier molecular flexibility index (Phi) is 8.97. The van der Waals surface area contributed by atoms with Gasteiger partial charge < -0.3 is 19.7 Å². The third kappa shape index (κ3) is 10.5. The summed E-state index contributed by atoms with van der Waals surface area (Å²) in [7, 11) is 0. The molecule has 0 bridgehead atoms. The van der Waals surface area contributed by atoms with Crippen molar-refractivity contribution in [3.8, 4) is 0 Å². The van der Waals surface area contributed by atoms with Crippen LogP contribution >= 0.6 is 0 Å². The van der Waals surface area contributed by atoms with Gasteiger partial charge in [0.05, 0.1) is 13.2 Å². The molecule has 0 saturated heterocycles. The molecule has 0 aliphatic rings. The Morgan fingerprint density at radius 3 is 2.28 bits per heavy atom. The van der Waals surface area contributed by atoms with Crippen molar-refractivity contribution in [2.45, 2.75) is 33.6 Å². The molecule has 0 saturated carbocycles. The lowest BCUT2D eigenvalue weighted by molar-refractivity contribution is -0.145. The van der Waals surface area contributed by atoms with Crippen LogP contribution in [0, 0.1) is 11.3 Å². The van der Waals surface area contributed by atoms with Gasteiger partial charge in [-0.05, 0) is 11.8 Å². The highest BCUT2D eigenvalue weighted by Gasteiger charge is 2.11. The molecule has 18 heavy (non-hydrogen) atoms. The normalized spacial score (nSPS) is 11.9. The molecule has 0 aromatic rings. The first-order chi connectivity index (χ1) is 8.39. The molecule has 0 aliphatic carbocycles. The van der Waals surface area contributed by atoms with Gasteiger partial charge in [0, 0.05) is 25.6 Å². The summed E-state index contributed by atoms with van der Waals surface area (Å²) in [6.07, 6.45) is 0.653. The molecule has 0 radical (unpaired) electrons. The van der Waals surface area contributed by atoms with Crippen molar-refractivity contribution in [2.75, 3.05) is 33.0 Å². The number of carbonyl (C=O) groups excluding carboxylic acids is 1. The van der Waals surface area contributed by atoms with Crippen molar-refractivity contribution in [1.82, 2.24) is 0 Å². The molecular weight excluding hydrogens is 236 g/mol. The molecule has 0 fully saturated rings. The van der Waals surface area contributed by atoms with Crippen LogP contribution in [0.4, 0.5) is 0 Å². The second-order valence-electron chi connectivity index (χ2n) is 5.60. The lowest BCUT2D eigenvalue weighted by Gasteiger charge is -2.17. The zero-order valence-electron chi connectivity index (χ0n) is 11.6. The maximum atomic E-state index is 11.3. The number of rotatable bonds is 9. The molecule has 5 nitrogen and oxygen atoms in total. The topological polar surface area (TPSA) is 76.0 Å². The molecule has 0 aromatic heterocycles. The van der Waals surface area contributed by atoms with Gasteiger partial charge >= 0.3 is 5.97 Å². The zero-order chi connectivity index (χ0) is 14.0. The van der Waals surface area contributed by atoms with Crippen molar-refractivity contribution in [1.29, 1.82) is 0 Å².